The van der Waals surface area contributed by atoms with Gasteiger partial charge in [-0.15, -0.1) is 0 Å². The van der Waals surface area contributed by atoms with Crippen LogP contribution in [-0.2, 0) is 4.79 Å². The van der Waals surface area contributed by atoms with Gasteiger partial charge in [0.15, 0.2) is 0 Å². The molecule has 3 atom stereocenters. The van der Waals surface area contributed by atoms with Gasteiger partial charge in [0.2, 0.25) is 0 Å². The van der Waals surface area contributed by atoms with Crippen molar-refractivity contribution >= 4 is 12.0 Å². The van der Waals surface area contributed by atoms with Crippen LogP contribution in [0, 0.1) is 11.8 Å². The molecule has 3 aliphatic rings. The van der Waals surface area contributed by atoms with Crippen LogP contribution < -0.4 is 0 Å². The number of likely N-dealkylation sites (tertiary alicyclic amines) is 2. The van der Waals surface area contributed by atoms with Gasteiger partial charge in [0, 0.05) is 19.6 Å². The minimum Gasteiger partial charge on any atom is -0.479 e. The standard InChI is InChI=1S/C15H24N2O3/c1-2-15(13(18)19)7-4-8-17(15)14(20)16-9-11-5-3-6-12(11)10-16/h11-12H,2-10H2,1H3,(H,18,19). The highest BCUT2D eigenvalue weighted by Crippen LogP contribution is 2.40. The zero-order valence-electron chi connectivity index (χ0n) is 12.2. The van der Waals surface area contributed by atoms with E-state index >= 15 is 0 Å². The van der Waals surface area contributed by atoms with Gasteiger partial charge in [-0.1, -0.05) is 13.3 Å². The monoisotopic (exact) mass is 280 g/mol. The number of aliphatic carboxylic acids is 1. The van der Waals surface area contributed by atoms with Crippen LogP contribution in [-0.4, -0.2) is 52.1 Å². The van der Waals surface area contributed by atoms with E-state index in [4.69, 9.17) is 0 Å². The summed E-state index contributed by atoms with van der Waals surface area (Å²) in [5.74, 6) is 0.468. The number of carbonyl (C=O) groups is 2. The van der Waals surface area contributed by atoms with E-state index in [1.807, 2.05) is 11.8 Å². The summed E-state index contributed by atoms with van der Waals surface area (Å²) in [7, 11) is 0. The van der Waals surface area contributed by atoms with Crippen molar-refractivity contribution in [1.29, 1.82) is 0 Å². The molecule has 2 amide bonds. The Bertz CT molecular complexity index is 413. The highest BCUT2D eigenvalue weighted by molar-refractivity contribution is 5.87. The van der Waals surface area contributed by atoms with Crippen molar-refractivity contribution in [3.05, 3.63) is 0 Å². The molecule has 0 radical (unpaired) electrons. The van der Waals surface area contributed by atoms with Crippen molar-refractivity contribution in [2.75, 3.05) is 19.6 Å². The van der Waals surface area contributed by atoms with E-state index in [9.17, 15) is 14.7 Å². The molecular formula is C15H24N2O3. The fourth-order valence-electron chi connectivity index (χ4n) is 4.46. The zero-order valence-corrected chi connectivity index (χ0v) is 12.2. The maximum absolute atomic E-state index is 12.7. The quantitative estimate of drug-likeness (QED) is 0.843. The lowest BCUT2D eigenvalue weighted by molar-refractivity contribution is -0.148. The molecule has 1 N–H and O–H groups in total. The van der Waals surface area contributed by atoms with Crippen LogP contribution in [0.25, 0.3) is 0 Å². The van der Waals surface area contributed by atoms with Gasteiger partial charge in [0.05, 0.1) is 0 Å². The largest absolute Gasteiger partial charge is 0.479 e. The first-order valence-electron chi connectivity index (χ1n) is 7.88. The van der Waals surface area contributed by atoms with Crippen LogP contribution in [0.2, 0.25) is 0 Å². The summed E-state index contributed by atoms with van der Waals surface area (Å²) in [6.07, 6.45) is 5.63. The van der Waals surface area contributed by atoms with Crippen molar-refractivity contribution in [2.24, 2.45) is 11.8 Å². The van der Waals surface area contributed by atoms with Crippen molar-refractivity contribution in [1.82, 2.24) is 9.80 Å². The minimum atomic E-state index is -0.964. The van der Waals surface area contributed by atoms with Gasteiger partial charge in [0.1, 0.15) is 5.54 Å². The average Bonchev–Trinajstić information content (AvgIpc) is 3.11. The molecule has 20 heavy (non-hydrogen) atoms. The lowest BCUT2D eigenvalue weighted by Crippen LogP contribution is -2.56. The Morgan fingerprint density at radius 3 is 2.40 bits per heavy atom. The second-order valence-corrected chi connectivity index (χ2v) is 6.58. The lowest BCUT2D eigenvalue weighted by atomic mass is 9.93. The maximum Gasteiger partial charge on any atom is 0.329 e. The molecule has 0 bridgehead atoms. The molecule has 2 heterocycles. The molecule has 1 aliphatic carbocycles. The number of carboxylic acid groups (broad SMARTS) is 1. The van der Waals surface area contributed by atoms with E-state index in [0.717, 1.165) is 19.5 Å². The van der Waals surface area contributed by atoms with Gasteiger partial charge in [-0.2, -0.15) is 0 Å². The van der Waals surface area contributed by atoms with E-state index in [2.05, 4.69) is 0 Å². The Hall–Kier alpha value is -1.26. The summed E-state index contributed by atoms with van der Waals surface area (Å²) >= 11 is 0. The fraction of sp³-hybridized carbons (Fsp3) is 0.867. The number of amides is 2. The summed E-state index contributed by atoms with van der Waals surface area (Å²) < 4.78 is 0. The highest BCUT2D eigenvalue weighted by atomic mass is 16.4. The van der Waals surface area contributed by atoms with Crippen LogP contribution in [0.3, 0.4) is 0 Å². The van der Waals surface area contributed by atoms with Crippen LogP contribution >= 0.6 is 0 Å². The summed E-state index contributed by atoms with van der Waals surface area (Å²) in [4.78, 5) is 28.0. The normalized spacial score (nSPS) is 36.5. The molecule has 0 spiro atoms. The molecule has 2 aliphatic heterocycles. The van der Waals surface area contributed by atoms with Crippen LogP contribution in [0.1, 0.15) is 45.4 Å². The fourth-order valence-corrected chi connectivity index (χ4v) is 4.46. The first-order chi connectivity index (χ1) is 9.58. The molecule has 2 saturated heterocycles. The van der Waals surface area contributed by atoms with E-state index < -0.39 is 11.5 Å². The number of urea groups is 1. The number of rotatable bonds is 2. The number of fused-ring (bicyclic) bond motifs is 1. The molecule has 3 rings (SSSR count). The van der Waals surface area contributed by atoms with E-state index in [1.165, 1.54) is 19.3 Å². The Labute approximate surface area is 119 Å². The Balaban J connectivity index is 1.75. The first-order valence-corrected chi connectivity index (χ1v) is 7.88. The van der Waals surface area contributed by atoms with Gasteiger partial charge in [0.25, 0.3) is 0 Å². The zero-order chi connectivity index (χ0) is 14.3. The Morgan fingerprint density at radius 1 is 1.20 bits per heavy atom. The topological polar surface area (TPSA) is 60.9 Å². The molecule has 3 unspecified atom stereocenters. The highest BCUT2D eigenvalue weighted by Gasteiger charge is 2.51. The molecule has 0 aromatic carbocycles. The van der Waals surface area contributed by atoms with Gasteiger partial charge in [-0.3, -0.25) is 0 Å². The van der Waals surface area contributed by atoms with Crippen LogP contribution in [0.15, 0.2) is 0 Å². The molecule has 5 heteroatoms. The summed E-state index contributed by atoms with van der Waals surface area (Å²) in [6.45, 7) is 4.13. The third-order valence-electron chi connectivity index (χ3n) is 5.70. The third kappa shape index (κ3) is 1.90. The third-order valence-corrected chi connectivity index (χ3v) is 5.70. The molecule has 5 nitrogen and oxygen atoms in total. The number of hydrogen-bond acceptors (Lipinski definition) is 2. The first kappa shape index (κ1) is 13.7. The maximum atomic E-state index is 12.7. The predicted molar refractivity (Wildman–Crippen MR) is 74.4 cm³/mol. The van der Waals surface area contributed by atoms with Gasteiger partial charge in [-0.05, 0) is 43.9 Å². The minimum absolute atomic E-state index is 0.0406. The Kier molecular flexibility index (Phi) is 3.38. The molecule has 1 saturated carbocycles. The van der Waals surface area contributed by atoms with Gasteiger partial charge < -0.3 is 14.9 Å². The summed E-state index contributed by atoms with van der Waals surface area (Å²) in [6, 6.07) is -0.0406. The van der Waals surface area contributed by atoms with Crippen molar-refractivity contribution in [2.45, 2.75) is 51.0 Å². The second kappa shape index (κ2) is 4.93. The molecule has 3 fully saturated rings. The lowest BCUT2D eigenvalue weighted by Gasteiger charge is -2.36. The molecule has 0 aromatic heterocycles. The summed E-state index contributed by atoms with van der Waals surface area (Å²) in [5.41, 5.74) is -0.964. The number of carbonyl (C=O) groups excluding carboxylic acids is 1. The number of nitrogens with zero attached hydrogens (tertiary/aromatic N) is 2. The molecule has 0 aromatic rings. The molecular weight excluding hydrogens is 256 g/mol. The summed E-state index contributed by atoms with van der Waals surface area (Å²) in [5, 5.41) is 9.57. The van der Waals surface area contributed by atoms with Crippen molar-refractivity contribution in [3.63, 3.8) is 0 Å². The Morgan fingerprint density at radius 2 is 1.85 bits per heavy atom. The van der Waals surface area contributed by atoms with Crippen LogP contribution in [0.4, 0.5) is 4.79 Å². The number of hydrogen-bond donors (Lipinski definition) is 1. The van der Waals surface area contributed by atoms with E-state index in [0.29, 0.717) is 31.2 Å². The van der Waals surface area contributed by atoms with Crippen molar-refractivity contribution < 1.29 is 14.7 Å². The second-order valence-electron chi connectivity index (χ2n) is 6.58. The van der Waals surface area contributed by atoms with Gasteiger partial charge in [-0.25, -0.2) is 9.59 Å². The molecule has 112 valence electrons. The number of carboxylic acids is 1. The predicted octanol–water partition coefficient (Wildman–Crippen LogP) is 2.17. The SMILES string of the molecule is CCC1(C(=O)O)CCCN1C(=O)N1CC2CCCC2C1. The average molecular weight is 280 g/mol. The van der Waals surface area contributed by atoms with Gasteiger partial charge >= 0.3 is 12.0 Å². The van der Waals surface area contributed by atoms with Crippen LogP contribution in [0.5, 0.6) is 0 Å². The van der Waals surface area contributed by atoms with Crippen molar-refractivity contribution in [3.8, 4) is 0 Å². The smallest absolute Gasteiger partial charge is 0.329 e. The van der Waals surface area contributed by atoms with E-state index in [-0.39, 0.29) is 6.03 Å². The van der Waals surface area contributed by atoms with E-state index in [1.54, 1.807) is 4.90 Å².